The topological polar surface area (TPSA) is 35.5 Å². The molecule has 2 aromatic carbocycles. The maximum absolute atomic E-state index is 11.5. The zero-order valence-corrected chi connectivity index (χ0v) is 14.1. The molecule has 23 heavy (non-hydrogen) atoms. The number of hydrogen-bond donors (Lipinski definition) is 0. The fourth-order valence-electron chi connectivity index (χ4n) is 2.43. The number of carbonyl (C=O) groups excluding carboxylic acids is 1. The molecule has 122 valence electrons. The van der Waals surface area contributed by atoms with E-state index in [1.165, 1.54) is 0 Å². The number of Topliss-reactive ketones (excluding diaryl/α,β-unsaturated/α-hetero) is 1. The second kappa shape index (κ2) is 8.37. The molecule has 0 fully saturated rings. The molecule has 0 heterocycles. The number of ether oxygens (including phenoxy) is 2. The fraction of sp³-hybridized carbons (Fsp3) is 0.350. The van der Waals surface area contributed by atoms with Gasteiger partial charge in [-0.25, -0.2) is 0 Å². The van der Waals surface area contributed by atoms with Gasteiger partial charge in [-0.1, -0.05) is 18.2 Å². The van der Waals surface area contributed by atoms with Gasteiger partial charge in [0.15, 0.2) is 5.78 Å². The summed E-state index contributed by atoms with van der Waals surface area (Å²) < 4.78 is 11.5. The molecular weight excluding hydrogens is 288 g/mol. The molecule has 0 amide bonds. The molecule has 0 saturated carbocycles. The second-order valence-corrected chi connectivity index (χ2v) is 5.63. The molecule has 3 heteroatoms. The predicted molar refractivity (Wildman–Crippen MR) is 92.6 cm³/mol. The van der Waals surface area contributed by atoms with Crippen molar-refractivity contribution in [3.63, 3.8) is 0 Å². The molecule has 2 aromatic rings. The largest absolute Gasteiger partial charge is 0.494 e. The van der Waals surface area contributed by atoms with E-state index in [-0.39, 0.29) is 5.78 Å². The Bertz CT molecular complexity index is 647. The van der Waals surface area contributed by atoms with E-state index in [0.29, 0.717) is 13.2 Å². The standard InChI is InChI=1S/C20H24O3/c1-15-16(2)20(12-11-19(15)17(3)21)23-14-8-7-13-22-18-9-5-4-6-10-18/h4-6,9-12H,7-8,13-14H2,1-3H3. The predicted octanol–water partition coefficient (Wildman–Crippen LogP) is 4.74. The van der Waals surface area contributed by atoms with Crippen LogP contribution in [0.3, 0.4) is 0 Å². The maximum atomic E-state index is 11.5. The number of para-hydroxylation sites is 1. The van der Waals surface area contributed by atoms with E-state index in [9.17, 15) is 4.79 Å². The van der Waals surface area contributed by atoms with Gasteiger partial charge in [-0.2, -0.15) is 0 Å². The van der Waals surface area contributed by atoms with Gasteiger partial charge in [0.05, 0.1) is 13.2 Å². The number of ketones is 1. The van der Waals surface area contributed by atoms with Crippen molar-refractivity contribution in [2.45, 2.75) is 33.6 Å². The molecule has 0 aromatic heterocycles. The summed E-state index contributed by atoms with van der Waals surface area (Å²) in [7, 11) is 0. The van der Waals surface area contributed by atoms with Crippen LogP contribution in [0.1, 0.15) is 41.3 Å². The molecule has 0 aliphatic rings. The summed E-state index contributed by atoms with van der Waals surface area (Å²) in [6.07, 6.45) is 1.87. The summed E-state index contributed by atoms with van der Waals surface area (Å²) in [5.74, 6) is 1.85. The van der Waals surface area contributed by atoms with E-state index in [2.05, 4.69) is 0 Å². The van der Waals surface area contributed by atoms with Crippen LogP contribution in [0.15, 0.2) is 42.5 Å². The Kier molecular flexibility index (Phi) is 6.21. The second-order valence-electron chi connectivity index (χ2n) is 5.63. The van der Waals surface area contributed by atoms with Crippen molar-refractivity contribution in [3.05, 3.63) is 59.2 Å². The van der Waals surface area contributed by atoms with E-state index in [1.807, 2.05) is 56.3 Å². The first-order valence-electron chi connectivity index (χ1n) is 8.01. The Morgan fingerprint density at radius 1 is 0.870 bits per heavy atom. The summed E-state index contributed by atoms with van der Waals surface area (Å²) in [5.41, 5.74) is 2.81. The van der Waals surface area contributed by atoms with Gasteiger partial charge >= 0.3 is 0 Å². The number of unbranched alkanes of at least 4 members (excludes halogenated alkanes) is 1. The van der Waals surface area contributed by atoms with E-state index >= 15 is 0 Å². The minimum Gasteiger partial charge on any atom is -0.494 e. The molecule has 0 saturated heterocycles. The zero-order chi connectivity index (χ0) is 16.7. The first-order valence-corrected chi connectivity index (χ1v) is 8.01. The molecular formula is C20H24O3. The van der Waals surface area contributed by atoms with Crippen molar-refractivity contribution >= 4 is 5.78 Å². The van der Waals surface area contributed by atoms with Crippen molar-refractivity contribution in [2.75, 3.05) is 13.2 Å². The molecule has 0 N–H and O–H groups in total. The summed E-state index contributed by atoms with van der Waals surface area (Å²) in [6.45, 7) is 6.89. The number of benzene rings is 2. The third-order valence-corrected chi connectivity index (χ3v) is 3.92. The molecule has 0 aliphatic heterocycles. The van der Waals surface area contributed by atoms with Gasteiger partial charge in [0, 0.05) is 5.56 Å². The number of rotatable bonds is 8. The lowest BCUT2D eigenvalue weighted by atomic mass is 10.00. The van der Waals surface area contributed by atoms with Crippen LogP contribution in [-0.4, -0.2) is 19.0 Å². The molecule has 0 unspecified atom stereocenters. The Hall–Kier alpha value is -2.29. The van der Waals surface area contributed by atoms with Gasteiger partial charge in [-0.3, -0.25) is 4.79 Å². The summed E-state index contributed by atoms with van der Waals surface area (Å²) in [6, 6.07) is 13.6. The maximum Gasteiger partial charge on any atom is 0.160 e. The fourth-order valence-corrected chi connectivity index (χ4v) is 2.43. The highest BCUT2D eigenvalue weighted by Crippen LogP contribution is 2.24. The van der Waals surface area contributed by atoms with E-state index in [4.69, 9.17) is 9.47 Å². The van der Waals surface area contributed by atoms with E-state index < -0.39 is 0 Å². The summed E-state index contributed by atoms with van der Waals surface area (Å²) in [4.78, 5) is 11.5. The van der Waals surface area contributed by atoms with Crippen LogP contribution in [-0.2, 0) is 0 Å². The quantitative estimate of drug-likeness (QED) is 0.521. The highest BCUT2D eigenvalue weighted by atomic mass is 16.5. The lowest BCUT2D eigenvalue weighted by Gasteiger charge is -2.13. The van der Waals surface area contributed by atoms with E-state index in [0.717, 1.165) is 41.0 Å². The normalized spacial score (nSPS) is 10.4. The van der Waals surface area contributed by atoms with Crippen LogP contribution in [0.2, 0.25) is 0 Å². The lowest BCUT2D eigenvalue weighted by Crippen LogP contribution is -2.05. The smallest absolute Gasteiger partial charge is 0.160 e. The Morgan fingerprint density at radius 3 is 2.17 bits per heavy atom. The van der Waals surface area contributed by atoms with Gasteiger partial charge in [-0.15, -0.1) is 0 Å². The van der Waals surface area contributed by atoms with Crippen LogP contribution in [0, 0.1) is 13.8 Å². The van der Waals surface area contributed by atoms with Crippen molar-refractivity contribution in [2.24, 2.45) is 0 Å². The monoisotopic (exact) mass is 312 g/mol. The molecule has 2 rings (SSSR count). The first kappa shape index (κ1) is 17.1. The Labute approximate surface area is 138 Å². The van der Waals surface area contributed by atoms with Crippen molar-refractivity contribution in [3.8, 4) is 11.5 Å². The molecule has 0 atom stereocenters. The van der Waals surface area contributed by atoms with Crippen molar-refractivity contribution in [1.29, 1.82) is 0 Å². The highest BCUT2D eigenvalue weighted by Gasteiger charge is 2.10. The van der Waals surface area contributed by atoms with Crippen LogP contribution in [0.4, 0.5) is 0 Å². The van der Waals surface area contributed by atoms with Gasteiger partial charge in [-0.05, 0) is 69.0 Å². The van der Waals surface area contributed by atoms with Gasteiger partial charge in [0.2, 0.25) is 0 Å². The SMILES string of the molecule is CC(=O)c1ccc(OCCCCOc2ccccc2)c(C)c1C. The lowest BCUT2D eigenvalue weighted by molar-refractivity contribution is 0.101. The van der Waals surface area contributed by atoms with Crippen molar-refractivity contribution < 1.29 is 14.3 Å². The number of carbonyl (C=O) groups is 1. The van der Waals surface area contributed by atoms with Crippen LogP contribution in [0.5, 0.6) is 11.5 Å². The molecule has 0 bridgehead atoms. The van der Waals surface area contributed by atoms with Gasteiger partial charge in [0.1, 0.15) is 11.5 Å². The molecule has 3 nitrogen and oxygen atoms in total. The van der Waals surface area contributed by atoms with Gasteiger partial charge < -0.3 is 9.47 Å². The Balaban J connectivity index is 1.74. The zero-order valence-electron chi connectivity index (χ0n) is 14.1. The molecule has 0 radical (unpaired) electrons. The molecule has 0 spiro atoms. The minimum absolute atomic E-state index is 0.0928. The van der Waals surface area contributed by atoms with Crippen LogP contribution in [0.25, 0.3) is 0 Å². The highest BCUT2D eigenvalue weighted by molar-refractivity contribution is 5.96. The minimum atomic E-state index is 0.0928. The van der Waals surface area contributed by atoms with Crippen molar-refractivity contribution in [1.82, 2.24) is 0 Å². The Morgan fingerprint density at radius 2 is 1.52 bits per heavy atom. The first-order chi connectivity index (χ1) is 11.1. The number of hydrogen-bond acceptors (Lipinski definition) is 3. The van der Waals surface area contributed by atoms with E-state index in [1.54, 1.807) is 6.92 Å². The van der Waals surface area contributed by atoms with Gasteiger partial charge in [0.25, 0.3) is 0 Å². The van der Waals surface area contributed by atoms with Crippen LogP contribution < -0.4 is 9.47 Å². The average Bonchev–Trinajstić information content (AvgIpc) is 2.55. The average molecular weight is 312 g/mol. The third-order valence-electron chi connectivity index (χ3n) is 3.92. The molecule has 0 aliphatic carbocycles. The summed E-state index contributed by atoms with van der Waals surface area (Å²) >= 11 is 0. The summed E-state index contributed by atoms with van der Waals surface area (Å²) in [5, 5.41) is 0. The van der Waals surface area contributed by atoms with Crippen LogP contribution >= 0.6 is 0 Å². The third kappa shape index (κ3) is 4.85.